The predicted molar refractivity (Wildman–Crippen MR) is 56.8 cm³/mol. The van der Waals surface area contributed by atoms with Gasteiger partial charge in [0.05, 0.1) is 0 Å². The van der Waals surface area contributed by atoms with E-state index >= 15 is 0 Å². The number of carbonyl (C=O) groups is 1. The highest BCUT2D eigenvalue weighted by atomic mass is 16.6. The molecule has 1 rings (SSSR count). The van der Waals surface area contributed by atoms with Gasteiger partial charge in [-0.1, -0.05) is 12.2 Å². The van der Waals surface area contributed by atoms with Crippen LogP contribution >= 0.6 is 0 Å². The van der Waals surface area contributed by atoms with Crippen LogP contribution in [0.2, 0.25) is 0 Å². The molecule has 1 atom stereocenters. The highest BCUT2D eigenvalue weighted by molar-refractivity contribution is 5.86. The fourth-order valence-corrected chi connectivity index (χ4v) is 1.63. The minimum atomic E-state index is -0.445. The maximum absolute atomic E-state index is 11.1. The Morgan fingerprint density at radius 2 is 2.21 bits per heavy atom. The molecule has 0 aromatic carbocycles. The summed E-state index contributed by atoms with van der Waals surface area (Å²) in [6.45, 7) is 9.27. The van der Waals surface area contributed by atoms with E-state index in [2.05, 4.69) is 13.2 Å². The fraction of sp³-hybridized carbons (Fsp3) is 0.417. The Morgan fingerprint density at radius 1 is 1.50 bits per heavy atom. The van der Waals surface area contributed by atoms with Crippen LogP contribution in [0.15, 0.2) is 37.0 Å². The molecule has 1 heterocycles. The van der Waals surface area contributed by atoms with Crippen LogP contribution < -0.4 is 0 Å². The molecule has 2 nitrogen and oxygen atoms in total. The molecule has 0 bridgehead atoms. The molecule has 0 N–H and O–H groups in total. The van der Waals surface area contributed by atoms with E-state index in [0.717, 1.165) is 18.4 Å². The summed E-state index contributed by atoms with van der Waals surface area (Å²) >= 11 is 0. The van der Waals surface area contributed by atoms with Crippen molar-refractivity contribution in [2.75, 3.05) is 0 Å². The number of esters is 1. The number of allylic oxidation sites excluding steroid dienone is 2. The number of hydrogen-bond donors (Lipinski definition) is 0. The number of hydrogen-bond acceptors (Lipinski definition) is 2. The summed E-state index contributed by atoms with van der Waals surface area (Å²) in [5, 5.41) is 0. The normalized spacial score (nSPS) is 25.5. The molecule has 1 aliphatic heterocycles. The van der Waals surface area contributed by atoms with Crippen LogP contribution in [0, 0.1) is 0 Å². The first-order valence-corrected chi connectivity index (χ1v) is 4.78. The molecule has 0 fully saturated rings. The molecule has 0 aromatic rings. The Labute approximate surface area is 85.0 Å². The van der Waals surface area contributed by atoms with E-state index < -0.39 is 5.60 Å². The van der Waals surface area contributed by atoms with Gasteiger partial charge in [-0.15, -0.1) is 13.2 Å². The summed E-state index contributed by atoms with van der Waals surface area (Å²) in [5.41, 5.74) is 0.568. The van der Waals surface area contributed by atoms with Gasteiger partial charge in [0.25, 0.3) is 0 Å². The van der Waals surface area contributed by atoms with E-state index in [1.807, 2.05) is 13.0 Å². The van der Waals surface area contributed by atoms with E-state index in [1.165, 1.54) is 0 Å². The summed E-state index contributed by atoms with van der Waals surface area (Å²) in [4.78, 5) is 11.1. The van der Waals surface area contributed by atoms with Gasteiger partial charge in [0.2, 0.25) is 0 Å². The van der Waals surface area contributed by atoms with E-state index in [4.69, 9.17) is 4.74 Å². The first-order valence-electron chi connectivity index (χ1n) is 4.78. The standard InChI is InChI=1S/C12H16O2/c1-4-6-8-12(3)10(7-5-2)9-11(13)14-12/h4-5,9H,1-2,6-8H2,3H3. The summed E-state index contributed by atoms with van der Waals surface area (Å²) < 4.78 is 5.29. The van der Waals surface area contributed by atoms with Crippen molar-refractivity contribution in [2.45, 2.75) is 31.8 Å². The van der Waals surface area contributed by atoms with Gasteiger partial charge >= 0.3 is 5.97 Å². The average molecular weight is 192 g/mol. The van der Waals surface area contributed by atoms with Gasteiger partial charge in [-0.25, -0.2) is 4.79 Å². The third kappa shape index (κ3) is 2.13. The van der Waals surface area contributed by atoms with Crippen molar-refractivity contribution in [3.8, 4) is 0 Å². The second kappa shape index (κ2) is 4.27. The Bertz CT molecular complexity index is 289. The molecule has 0 amide bonds. The molecule has 76 valence electrons. The monoisotopic (exact) mass is 192 g/mol. The smallest absolute Gasteiger partial charge is 0.331 e. The third-order valence-corrected chi connectivity index (χ3v) is 2.49. The third-order valence-electron chi connectivity index (χ3n) is 2.49. The van der Waals surface area contributed by atoms with Crippen LogP contribution in [0.4, 0.5) is 0 Å². The lowest BCUT2D eigenvalue weighted by molar-refractivity contribution is -0.145. The van der Waals surface area contributed by atoms with Crippen molar-refractivity contribution in [2.24, 2.45) is 0 Å². The number of ether oxygens (including phenoxy) is 1. The number of rotatable bonds is 5. The van der Waals surface area contributed by atoms with Crippen molar-refractivity contribution in [3.63, 3.8) is 0 Å². The lowest BCUT2D eigenvalue weighted by Crippen LogP contribution is -2.27. The highest BCUT2D eigenvalue weighted by Crippen LogP contribution is 2.34. The molecule has 0 aromatic heterocycles. The lowest BCUT2D eigenvalue weighted by atomic mass is 9.90. The van der Waals surface area contributed by atoms with Crippen molar-refractivity contribution < 1.29 is 9.53 Å². The van der Waals surface area contributed by atoms with E-state index in [1.54, 1.807) is 12.2 Å². The first kappa shape index (κ1) is 10.8. The highest BCUT2D eigenvalue weighted by Gasteiger charge is 2.36. The number of cyclic esters (lactones) is 1. The van der Waals surface area contributed by atoms with Gasteiger partial charge in [0.15, 0.2) is 0 Å². The van der Waals surface area contributed by atoms with E-state index in [0.29, 0.717) is 6.42 Å². The zero-order chi connectivity index (χ0) is 10.6. The van der Waals surface area contributed by atoms with Crippen molar-refractivity contribution in [3.05, 3.63) is 37.0 Å². The predicted octanol–water partition coefficient (Wildman–Crippen LogP) is 2.77. The van der Waals surface area contributed by atoms with Crippen LogP contribution in [0.3, 0.4) is 0 Å². The second-order valence-corrected chi connectivity index (χ2v) is 3.64. The van der Waals surface area contributed by atoms with Crippen molar-refractivity contribution >= 4 is 5.97 Å². The molecule has 0 spiro atoms. The molecule has 0 aliphatic carbocycles. The molecular weight excluding hydrogens is 176 g/mol. The van der Waals surface area contributed by atoms with E-state index in [-0.39, 0.29) is 5.97 Å². The van der Waals surface area contributed by atoms with Gasteiger partial charge in [0, 0.05) is 6.08 Å². The maximum atomic E-state index is 11.1. The van der Waals surface area contributed by atoms with Crippen molar-refractivity contribution in [1.29, 1.82) is 0 Å². The molecule has 2 heteroatoms. The zero-order valence-electron chi connectivity index (χ0n) is 8.58. The molecule has 0 saturated heterocycles. The first-order chi connectivity index (χ1) is 6.62. The Morgan fingerprint density at radius 3 is 2.79 bits per heavy atom. The minimum absolute atomic E-state index is 0.242. The molecule has 14 heavy (non-hydrogen) atoms. The topological polar surface area (TPSA) is 26.3 Å². The summed E-state index contributed by atoms with van der Waals surface area (Å²) in [6.07, 6.45) is 7.55. The molecular formula is C12H16O2. The Balaban J connectivity index is 2.76. The Hall–Kier alpha value is -1.31. The Kier molecular flexibility index (Phi) is 3.28. The average Bonchev–Trinajstić information content (AvgIpc) is 2.40. The molecule has 0 radical (unpaired) electrons. The molecule has 1 aliphatic rings. The molecule has 0 saturated carbocycles. The largest absolute Gasteiger partial charge is 0.452 e. The fourth-order valence-electron chi connectivity index (χ4n) is 1.63. The van der Waals surface area contributed by atoms with Crippen LogP contribution in [-0.2, 0) is 9.53 Å². The van der Waals surface area contributed by atoms with Gasteiger partial charge in [-0.3, -0.25) is 0 Å². The van der Waals surface area contributed by atoms with E-state index in [9.17, 15) is 4.79 Å². The van der Waals surface area contributed by atoms with Gasteiger partial charge in [0.1, 0.15) is 5.60 Å². The van der Waals surface area contributed by atoms with Crippen LogP contribution in [0.5, 0.6) is 0 Å². The van der Waals surface area contributed by atoms with Gasteiger partial charge in [-0.05, 0) is 31.8 Å². The lowest BCUT2D eigenvalue weighted by Gasteiger charge is -2.25. The van der Waals surface area contributed by atoms with Crippen molar-refractivity contribution in [1.82, 2.24) is 0 Å². The second-order valence-electron chi connectivity index (χ2n) is 3.64. The summed E-state index contributed by atoms with van der Waals surface area (Å²) in [7, 11) is 0. The zero-order valence-corrected chi connectivity index (χ0v) is 8.58. The minimum Gasteiger partial charge on any atom is -0.452 e. The number of carbonyl (C=O) groups excluding carboxylic acids is 1. The maximum Gasteiger partial charge on any atom is 0.331 e. The molecule has 1 unspecified atom stereocenters. The van der Waals surface area contributed by atoms with Crippen LogP contribution in [-0.4, -0.2) is 11.6 Å². The SMILES string of the molecule is C=CCCC1(C)OC(=O)C=C1CC=C. The summed E-state index contributed by atoms with van der Waals surface area (Å²) in [5.74, 6) is -0.242. The van der Waals surface area contributed by atoms with Crippen LogP contribution in [0.25, 0.3) is 0 Å². The summed E-state index contributed by atoms with van der Waals surface area (Å²) in [6, 6.07) is 0. The van der Waals surface area contributed by atoms with Crippen LogP contribution in [0.1, 0.15) is 26.2 Å². The van der Waals surface area contributed by atoms with Gasteiger partial charge in [-0.2, -0.15) is 0 Å². The van der Waals surface area contributed by atoms with Gasteiger partial charge < -0.3 is 4.74 Å². The quantitative estimate of drug-likeness (QED) is 0.494.